The molecule has 0 amide bonds. The molecule has 17 heteroatoms. The number of pyridine rings is 1. The molecular formula is C50H64N8O8S. The fraction of sp³-hybridized carbons (Fsp3) is 0.360. The largest absolute Gasteiger partial charge is 0.336 e. The van der Waals surface area contributed by atoms with Crippen molar-refractivity contribution in [2.45, 2.75) is 114 Å². The summed E-state index contributed by atoms with van der Waals surface area (Å²) in [5.41, 5.74) is 1.13. The van der Waals surface area contributed by atoms with Crippen LogP contribution in [0.15, 0.2) is 147 Å². The molecule has 0 atom stereocenters. The van der Waals surface area contributed by atoms with Gasteiger partial charge in [-0.25, -0.2) is 19.2 Å². The number of para-hydroxylation sites is 1. The average molecular weight is 937 g/mol. The molecule has 0 aliphatic heterocycles. The number of thiazole rings is 1. The molecule has 0 bridgehead atoms. The van der Waals surface area contributed by atoms with Gasteiger partial charge in [0.2, 0.25) is 0 Å². The Balaban J connectivity index is 0.000000232. The first-order chi connectivity index (χ1) is 31.8. The van der Waals surface area contributed by atoms with Crippen molar-refractivity contribution in [1.29, 1.82) is 0 Å². The van der Waals surface area contributed by atoms with Crippen molar-refractivity contribution in [2.75, 3.05) is 0 Å². The number of aromatic nitrogens is 8. The number of aryl methyl sites for hydroxylation is 2. The molecule has 0 radical (unpaired) electrons. The molecule has 0 saturated heterocycles. The van der Waals surface area contributed by atoms with E-state index in [2.05, 4.69) is 0 Å². The highest BCUT2D eigenvalue weighted by Crippen LogP contribution is 2.09. The van der Waals surface area contributed by atoms with E-state index >= 15 is 0 Å². The number of hydrogen-bond acceptors (Lipinski definition) is 9. The molecule has 8 rings (SSSR count). The smallest absolute Gasteiger partial charge is 0.296 e. The molecule has 67 heavy (non-hydrogen) atoms. The van der Waals surface area contributed by atoms with Crippen molar-refractivity contribution in [2.24, 2.45) is 7.05 Å². The molecule has 358 valence electrons. The molecule has 0 fully saturated rings. The van der Waals surface area contributed by atoms with Crippen LogP contribution in [0.4, 0.5) is 0 Å². The summed E-state index contributed by atoms with van der Waals surface area (Å²) in [6, 6.07) is 23.9. The molecule has 6 aromatic heterocycles. The Labute approximate surface area is 392 Å². The fourth-order valence-electron chi connectivity index (χ4n) is 6.80. The third-order valence-electron chi connectivity index (χ3n) is 9.95. The fourth-order valence-corrected chi connectivity index (χ4v) is 7.54. The zero-order chi connectivity index (χ0) is 50.4. The number of nitrogens with zero attached hydrogens (tertiary/aromatic N) is 8. The predicted octanol–water partition coefficient (Wildman–Crippen LogP) is 7.37. The molecule has 8 aromatic rings. The topological polar surface area (TPSA) is 175 Å². The minimum atomic E-state index is -0.304. The van der Waals surface area contributed by atoms with Gasteiger partial charge in [0.05, 0.1) is 22.1 Å². The SMILES string of the molecule is CC.CC.CC(C)n1c(=O)c2ccccc2n(C)c1=O.CC(C)n1c(=O)cc2ccccn2c1=O.CC(C)n1c(=O)cc2sccn2c1=O.Cc1ccc(-n2ccc(=O)n(C(C)C)c2=O)cc1. The number of rotatable bonds is 5. The molecule has 0 aliphatic carbocycles. The van der Waals surface area contributed by atoms with Crippen LogP contribution in [0.3, 0.4) is 0 Å². The highest BCUT2D eigenvalue weighted by Gasteiger charge is 2.13. The van der Waals surface area contributed by atoms with Crippen LogP contribution in [0.5, 0.6) is 0 Å². The molecule has 6 heterocycles. The van der Waals surface area contributed by atoms with Crippen molar-refractivity contribution in [1.82, 2.24) is 36.2 Å². The van der Waals surface area contributed by atoms with Crippen LogP contribution >= 0.6 is 11.3 Å². The normalized spacial score (nSPS) is 10.7. The maximum atomic E-state index is 12.2. The van der Waals surface area contributed by atoms with Crippen LogP contribution in [0.1, 0.15) is 113 Å². The molecule has 0 N–H and O–H groups in total. The van der Waals surface area contributed by atoms with Gasteiger partial charge in [0.15, 0.2) is 0 Å². The Morgan fingerprint density at radius 2 is 0.985 bits per heavy atom. The molecular weight excluding hydrogens is 873 g/mol. The lowest BCUT2D eigenvalue weighted by atomic mass is 10.2. The van der Waals surface area contributed by atoms with E-state index in [1.165, 1.54) is 71.9 Å². The van der Waals surface area contributed by atoms with Gasteiger partial charge < -0.3 is 0 Å². The third kappa shape index (κ3) is 12.4. The van der Waals surface area contributed by atoms with Crippen LogP contribution < -0.4 is 45.0 Å². The first kappa shape index (κ1) is 54.2. The third-order valence-corrected chi connectivity index (χ3v) is 10.8. The Hall–Kier alpha value is -7.14. The summed E-state index contributed by atoms with van der Waals surface area (Å²) in [7, 11) is 1.68. The van der Waals surface area contributed by atoms with E-state index < -0.39 is 0 Å². The number of fused-ring (bicyclic) bond motifs is 3. The second-order valence-corrected chi connectivity index (χ2v) is 16.7. The van der Waals surface area contributed by atoms with Gasteiger partial charge in [-0.2, -0.15) is 0 Å². The first-order valence-corrected chi connectivity index (χ1v) is 23.2. The number of hydrogen-bond donors (Lipinski definition) is 0. The standard InChI is InChI=1S/C14H16N2O2.C12H14N2O2.C11H12N2O2.C9H10N2O2S.2C2H6/c1-10(2)16-13(17)8-9-15(14(16)18)12-6-4-11(3)5-7-12;1-8(2)14-11(15)9-6-4-5-7-10(9)13(3)12(14)16;1-8(2)13-10(14)7-9-5-3-4-6-12(9)11(13)15;1-6(2)11-7(12)5-8-10(9(11)13)3-4-14-8;2*1-2/h4-10H,1-3H3;4-8H,1-3H3;3-8H,1-2H3;3-6H,1-2H3;2*1-2H3. The summed E-state index contributed by atoms with van der Waals surface area (Å²) in [4.78, 5) is 95.6. The highest BCUT2D eigenvalue weighted by molar-refractivity contribution is 7.15. The van der Waals surface area contributed by atoms with E-state index in [1.54, 1.807) is 61.2 Å². The summed E-state index contributed by atoms with van der Waals surface area (Å²) in [5.74, 6) is 0. The second kappa shape index (κ2) is 24.4. The van der Waals surface area contributed by atoms with Crippen LogP contribution in [0.25, 0.3) is 26.9 Å². The van der Waals surface area contributed by atoms with Crippen molar-refractivity contribution in [3.63, 3.8) is 0 Å². The highest BCUT2D eigenvalue weighted by atomic mass is 32.1. The van der Waals surface area contributed by atoms with E-state index in [-0.39, 0.29) is 69.2 Å². The summed E-state index contributed by atoms with van der Waals surface area (Å²) in [6.45, 7) is 24.6. The summed E-state index contributed by atoms with van der Waals surface area (Å²) < 4.78 is 11.0. The second-order valence-electron chi connectivity index (χ2n) is 15.8. The lowest BCUT2D eigenvalue weighted by molar-refractivity contribution is 0.532. The van der Waals surface area contributed by atoms with Gasteiger partial charge in [-0.1, -0.05) is 63.6 Å². The molecule has 0 unspecified atom stereocenters. The van der Waals surface area contributed by atoms with Gasteiger partial charge in [-0.05, 0) is 98.7 Å². The van der Waals surface area contributed by atoms with Crippen molar-refractivity contribution in [3.05, 3.63) is 198 Å². The van der Waals surface area contributed by atoms with Crippen LogP contribution in [0.2, 0.25) is 0 Å². The monoisotopic (exact) mass is 936 g/mol. The van der Waals surface area contributed by atoms with Crippen LogP contribution in [-0.2, 0) is 7.05 Å². The average Bonchev–Trinajstić information content (AvgIpc) is 3.77. The van der Waals surface area contributed by atoms with Crippen LogP contribution in [-0.4, -0.2) is 36.2 Å². The molecule has 0 saturated carbocycles. The minimum Gasteiger partial charge on any atom is -0.296 e. The maximum Gasteiger partial charge on any atom is 0.336 e. The Morgan fingerprint density at radius 1 is 0.478 bits per heavy atom. The van der Waals surface area contributed by atoms with E-state index in [9.17, 15) is 38.4 Å². The van der Waals surface area contributed by atoms with Gasteiger partial charge >= 0.3 is 22.8 Å². The molecule has 16 nitrogen and oxygen atoms in total. The van der Waals surface area contributed by atoms with E-state index in [4.69, 9.17) is 0 Å². The van der Waals surface area contributed by atoms with Crippen molar-refractivity contribution >= 4 is 32.6 Å². The number of benzene rings is 2. The minimum absolute atomic E-state index is 0.105. The zero-order valence-corrected chi connectivity index (χ0v) is 41.8. The Bertz CT molecular complexity index is 3410. The van der Waals surface area contributed by atoms with Gasteiger partial charge in [-0.15, -0.1) is 11.3 Å². The van der Waals surface area contributed by atoms with E-state index in [1.807, 2.05) is 120 Å². The van der Waals surface area contributed by atoms with Gasteiger partial charge in [0.1, 0.15) is 4.83 Å². The summed E-state index contributed by atoms with van der Waals surface area (Å²) in [6.07, 6.45) is 4.87. The molecule has 2 aromatic carbocycles. The van der Waals surface area contributed by atoms with E-state index in [0.717, 1.165) is 11.3 Å². The zero-order valence-electron chi connectivity index (χ0n) is 41.0. The van der Waals surface area contributed by atoms with Gasteiger partial charge in [0, 0.05) is 73.4 Å². The summed E-state index contributed by atoms with van der Waals surface area (Å²) >= 11 is 1.39. The lowest BCUT2D eigenvalue weighted by Crippen LogP contribution is -2.40. The lowest BCUT2D eigenvalue weighted by Gasteiger charge is -2.12. The molecule has 0 spiro atoms. The van der Waals surface area contributed by atoms with Crippen molar-refractivity contribution < 1.29 is 0 Å². The Morgan fingerprint density at radius 3 is 1.55 bits per heavy atom. The van der Waals surface area contributed by atoms with Gasteiger partial charge in [-0.3, -0.25) is 55.4 Å². The first-order valence-electron chi connectivity index (χ1n) is 22.3. The van der Waals surface area contributed by atoms with Crippen molar-refractivity contribution in [3.8, 4) is 5.69 Å². The summed E-state index contributed by atoms with van der Waals surface area (Å²) in [5, 5.41) is 2.37. The quantitative estimate of drug-likeness (QED) is 0.172. The van der Waals surface area contributed by atoms with Crippen LogP contribution in [0, 0.1) is 6.92 Å². The van der Waals surface area contributed by atoms with E-state index in [0.29, 0.717) is 21.3 Å². The Kier molecular flexibility index (Phi) is 19.7. The maximum absolute atomic E-state index is 12.2. The van der Waals surface area contributed by atoms with Gasteiger partial charge in [0.25, 0.3) is 22.2 Å². The molecule has 0 aliphatic rings. The predicted molar refractivity (Wildman–Crippen MR) is 272 cm³/mol.